The summed E-state index contributed by atoms with van der Waals surface area (Å²) >= 11 is 0. The standard InChI is InChI=1S/C19H20N4O4/c1-12-16-10-13(11-20-18(16)23(2)22-12)19(26)21-14-5-7-15(8-6-14)27-9-3-4-17(24)25/h5-8,10-11H,3-4,9H2,1-2H3,(H,21,26)(H,24,25). The van der Waals surface area contributed by atoms with Crippen LogP contribution in [0, 0.1) is 6.92 Å². The van der Waals surface area contributed by atoms with Gasteiger partial charge in [-0.15, -0.1) is 0 Å². The van der Waals surface area contributed by atoms with E-state index in [0.29, 0.717) is 30.0 Å². The van der Waals surface area contributed by atoms with E-state index in [9.17, 15) is 9.59 Å². The molecule has 2 N–H and O–H groups in total. The van der Waals surface area contributed by atoms with E-state index in [-0.39, 0.29) is 12.3 Å². The smallest absolute Gasteiger partial charge is 0.303 e. The third-order valence-electron chi connectivity index (χ3n) is 4.04. The van der Waals surface area contributed by atoms with Crippen LogP contribution in [-0.4, -0.2) is 38.4 Å². The molecule has 1 aromatic carbocycles. The molecule has 0 aliphatic heterocycles. The van der Waals surface area contributed by atoms with Crippen LogP contribution in [0.5, 0.6) is 5.75 Å². The van der Waals surface area contributed by atoms with E-state index in [1.54, 1.807) is 35.0 Å². The van der Waals surface area contributed by atoms with Crippen molar-refractivity contribution in [3.63, 3.8) is 0 Å². The first-order valence-electron chi connectivity index (χ1n) is 8.49. The molecule has 3 rings (SSSR count). The summed E-state index contributed by atoms with van der Waals surface area (Å²) in [6.45, 7) is 2.20. The maximum absolute atomic E-state index is 12.5. The second-order valence-corrected chi connectivity index (χ2v) is 6.13. The summed E-state index contributed by atoms with van der Waals surface area (Å²) in [5, 5.41) is 16.6. The van der Waals surface area contributed by atoms with E-state index in [2.05, 4.69) is 15.4 Å². The predicted octanol–water partition coefficient (Wildman–Crippen LogP) is 2.77. The van der Waals surface area contributed by atoms with E-state index in [1.165, 1.54) is 6.20 Å². The number of carboxylic acid groups (broad SMARTS) is 1. The molecule has 140 valence electrons. The van der Waals surface area contributed by atoms with Crippen molar-refractivity contribution in [3.8, 4) is 5.75 Å². The molecular weight excluding hydrogens is 348 g/mol. The number of anilines is 1. The fourth-order valence-electron chi connectivity index (χ4n) is 2.68. The van der Waals surface area contributed by atoms with Crippen molar-refractivity contribution in [2.24, 2.45) is 7.05 Å². The SMILES string of the molecule is Cc1nn(C)c2ncc(C(=O)Nc3ccc(OCCCC(=O)O)cc3)cc12. The van der Waals surface area contributed by atoms with Crippen LogP contribution in [-0.2, 0) is 11.8 Å². The Labute approximate surface area is 155 Å². The largest absolute Gasteiger partial charge is 0.494 e. The Morgan fingerprint density at radius 3 is 2.70 bits per heavy atom. The molecule has 0 unspecified atom stereocenters. The number of nitrogens with zero attached hydrogens (tertiary/aromatic N) is 3. The second kappa shape index (κ2) is 7.86. The van der Waals surface area contributed by atoms with Gasteiger partial charge in [0.05, 0.1) is 17.9 Å². The van der Waals surface area contributed by atoms with E-state index in [1.807, 2.05) is 14.0 Å². The molecule has 1 amide bonds. The van der Waals surface area contributed by atoms with Crippen LogP contribution in [0.4, 0.5) is 5.69 Å². The highest BCUT2D eigenvalue weighted by Gasteiger charge is 2.12. The Balaban J connectivity index is 1.62. The number of ether oxygens (including phenoxy) is 1. The van der Waals surface area contributed by atoms with Gasteiger partial charge in [-0.1, -0.05) is 0 Å². The Bertz CT molecular complexity index is 979. The Hall–Kier alpha value is -3.42. The van der Waals surface area contributed by atoms with Crippen LogP contribution in [0.1, 0.15) is 28.9 Å². The molecule has 2 heterocycles. The quantitative estimate of drug-likeness (QED) is 0.621. The van der Waals surface area contributed by atoms with E-state index in [0.717, 1.165) is 16.7 Å². The zero-order valence-electron chi connectivity index (χ0n) is 15.1. The number of amides is 1. The van der Waals surface area contributed by atoms with Gasteiger partial charge in [0.1, 0.15) is 5.75 Å². The Kier molecular flexibility index (Phi) is 5.35. The average Bonchev–Trinajstić information content (AvgIpc) is 2.93. The molecule has 0 aliphatic rings. The van der Waals surface area contributed by atoms with Gasteiger partial charge in [0, 0.05) is 30.7 Å². The number of benzene rings is 1. The van der Waals surface area contributed by atoms with Crippen molar-refractivity contribution < 1.29 is 19.4 Å². The molecule has 0 spiro atoms. The van der Waals surface area contributed by atoms with Gasteiger partial charge in [-0.05, 0) is 43.7 Å². The van der Waals surface area contributed by atoms with Crippen LogP contribution in [0.3, 0.4) is 0 Å². The summed E-state index contributed by atoms with van der Waals surface area (Å²) in [7, 11) is 1.81. The molecule has 27 heavy (non-hydrogen) atoms. The highest BCUT2D eigenvalue weighted by molar-refractivity contribution is 6.05. The minimum absolute atomic E-state index is 0.0723. The molecule has 3 aromatic rings. The molecule has 8 heteroatoms. The number of aliphatic carboxylic acids is 1. The highest BCUT2D eigenvalue weighted by atomic mass is 16.5. The zero-order valence-corrected chi connectivity index (χ0v) is 15.1. The fraction of sp³-hybridized carbons (Fsp3) is 0.263. The first-order chi connectivity index (χ1) is 12.9. The van der Waals surface area contributed by atoms with Crippen LogP contribution < -0.4 is 10.1 Å². The van der Waals surface area contributed by atoms with Gasteiger partial charge in [-0.3, -0.25) is 14.3 Å². The summed E-state index contributed by atoms with van der Waals surface area (Å²) in [6.07, 6.45) is 2.04. The fourth-order valence-corrected chi connectivity index (χ4v) is 2.68. The summed E-state index contributed by atoms with van der Waals surface area (Å²) in [5.74, 6) is -0.485. The number of rotatable bonds is 7. The number of carbonyl (C=O) groups excluding carboxylic acids is 1. The molecule has 0 bridgehead atoms. The van der Waals surface area contributed by atoms with E-state index < -0.39 is 5.97 Å². The number of hydrogen-bond acceptors (Lipinski definition) is 5. The van der Waals surface area contributed by atoms with Gasteiger partial charge in [-0.2, -0.15) is 5.10 Å². The van der Waals surface area contributed by atoms with Gasteiger partial charge in [0.2, 0.25) is 0 Å². The third kappa shape index (κ3) is 4.41. The summed E-state index contributed by atoms with van der Waals surface area (Å²) in [5.41, 5.74) is 2.63. The summed E-state index contributed by atoms with van der Waals surface area (Å²) < 4.78 is 7.15. The van der Waals surface area contributed by atoms with Crippen molar-refractivity contribution in [2.45, 2.75) is 19.8 Å². The van der Waals surface area contributed by atoms with Crippen molar-refractivity contribution >= 4 is 28.6 Å². The average molecular weight is 368 g/mol. The molecule has 2 aromatic heterocycles. The molecular formula is C19H20N4O4. The first kappa shape index (κ1) is 18.4. The third-order valence-corrected chi connectivity index (χ3v) is 4.04. The lowest BCUT2D eigenvalue weighted by Gasteiger charge is -2.08. The lowest BCUT2D eigenvalue weighted by atomic mass is 10.2. The monoisotopic (exact) mass is 368 g/mol. The summed E-state index contributed by atoms with van der Waals surface area (Å²) in [4.78, 5) is 27.2. The van der Waals surface area contributed by atoms with Gasteiger partial charge >= 0.3 is 5.97 Å². The second-order valence-electron chi connectivity index (χ2n) is 6.13. The van der Waals surface area contributed by atoms with Gasteiger partial charge < -0.3 is 15.2 Å². The number of carbonyl (C=O) groups is 2. The topological polar surface area (TPSA) is 106 Å². The Morgan fingerprint density at radius 2 is 2.00 bits per heavy atom. The van der Waals surface area contributed by atoms with Gasteiger partial charge in [-0.25, -0.2) is 4.98 Å². The van der Waals surface area contributed by atoms with Crippen molar-refractivity contribution in [1.29, 1.82) is 0 Å². The van der Waals surface area contributed by atoms with E-state index in [4.69, 9.17) is 9.84 Å². The predicted molar refractivity (Wildman–Crippen MR) is 100 cm³/mol. The normalized spacial score (nSPS) is 10.7. The molecule has 0 saturated carbocycles. The van der Waals surface area contributed by atoms with E-state index >= 15 is 0 Å². The lowest BCUT2D eigenvalue weighted by molar-refractivity contribution is -0.137. The van der Waals surface area contributed by atoms with Crippen molar-refractivity contribution in [2.75, 3.05) is 11.9 Å². The number of nitrogens with one attached hydrogen (secondary N) is 1. The summed E-state index contributed by atoms with van der Waals surface area (Å²) in [6, 6.07) is 8.68. The number of pyridine rings is 1. The van der Waals surface area contributed by atoms with Gasteiger partial charge in [0.15, 0.2) is 5.65 Å². The maximum Gasteiger partial charge on any atom is 0.303 e. The lowest BCUT2D eigenvalue weighted by Crippen LogP contribution is -2.12. The molecule has 0 saturated heterocycles. The zero-order chi connectivity index (χ0) is 19.4. The number of hydrogen-bond donors (Lipinski definition) is 2. The maximum atomic E-state index is 12.5. The van der Waals surface area contributed by atoms with Crippen LogP contribution in [0.2, 0.25) is 0 Å². The van der Waals surface area contributed by atoms with Gasteiger partial charge in [0.25, 0.3) is 5.91 Å². The first-order valence-corrected chi connectivity index (χ1v) is 8.49. The number of aromatic nitrogens is 3. The molecule has 0 aliphatic carbocycles. The van der Waals surface area contributed by atoms with Crippen LogP contribution in [0.25, 0.3) is 11.0 Å². The van der Waals surface area contributed by atoms with Crippen LogP contribution >= 0.6 is 0 Å². The highest BCUT2D eigenvalue weighted by Crippen LogP contribution is 2.19. The van der Waals surface area contributed by atoms with Crippen LogP contribution in [0.15, 0.2) is 36.5 Å². The number of carboxylic acids is 1. The minimum atomic E-state index is -0.842. The molecule has 0 radical (unpaired) electrons. The number of aryl methyl sites for hydroxylation is 2. The Morgan fingerprint density at radius 1 is 1.26 bits per heavy atom. The molecule has 0 fully saturated rings. The molecule has 8 nitrogen and oxygen atoms in total. The molecule has 0 atom stereocenters. The minimum Gasteiger partial charge on any atom is -0.494 e. The number of fused-ring (bicyclic) bond motifs is 1. The van der Waals surface area contributed by atoms with Crippen molar-refractivity contribution in [3.05, 3.63) is 47.8 Å². The van der Waals surface area contributed by atoms with Crippen molar-refractivity contribution in [1.82, 2.24) is 14.8 Å².